The lowest BCUT2D eigenvalue weighted by Gasteiger charge is -2.29. The van der Waals surface area contributed by atoms with E-state index >= 15 is 0 Å². The number of fused-ring (bicyclic) bond motifs is 20. The summed E-state index contributed by atoms with van der Waals surface area (Å²) >= 11 is 0. The van der Waals surface area contributed by atoms with Gasteiger partial charge in [-0.3, -0.25) is 0 Å². The standard InChI is InChI=1S/C72H72B2N12O/c1-25-26(2)38(14)50-49(37(25)13)61-75-62(50)78-66-54-42(18)30(6)34(10)46(22)58(54)70-81-69-57-45(21)33(9)29(5)41(17)53(57)65(77-61)83(69)73(84(66)70)87-74-85-67-55-43(19)31(7)35(11)47(23)59(55)71(85)82-72-60-48(24)36(12)32(8)44(20)56(60)68(86(72)74)80-64-52-40(16)28(4)27(3)39(15)51(52)63(76-64)79-67/h1-24H3/b77-61-,77-65?,78-62?,78-66-,79-63-,79-67?,80-64?,80-68-. The number of aromatic nitrogens is 4. The van der Waals surface area contributed by atoms with Crippen LogP contribution in [0.5, 0.6) is 0 Å². The average Bonchev–Trinajstić information content (AvgIpc) is 1.53. The summed E-state index contributed by atoms with van der Waals surface area (Å²) in [5.41, 5.74) is 35.5. The Bertz CT molecular complexity index is 5300. The average molecular weight is 1140 g/mol. The van der Waals surface area contributed by atoms with Gasteiger partial charge in [0.1, 0.15) is 45.2 Å². The van der Waals surface area contributed by atoms with Gasteiger partial charge in [0.15, 0.2) is 23.3 Å². The summed E-state index contributed by atoms with van der Waals surface area (Å²) in [7, 11) is -1.96. The van der Waals surface area contributed by atoms with Gasteiger partial charge >= 0.3 is 14.4 Å². The van der Waals surface area contributed by atoms with Crippen LogP contribution in [0.4, 0.5) is 23.3 Å². The van der Waals surface area contributed by atoms with Crippen molar-refractivity contribution in [2.75, 3.05) is 0 Å². The third kappa shape index (κ3) is 6.16. The van der Waals surface area contributed by atoms with Crippen molar-refractivity contribution in [3.8, 4) is 0 Å². The van der Waals surface area contributed by atoms with Crippen molar-refractivity contribution in [2.24, 2.45) is 39.9 Å². The van der Waals surface area contributed by atoms with Crippen LogP contribution in [0, 0.1) is 166 Å². The zero-order valence-electron chi connectivity index (χ0n) is 54.9. The lowest BCUT2D eigenvalue weighted by molar-refractivity contribution is 0.507. The summed E-state index contributed by atoms with van der Waals surface area (Å²) in [6.07, 6.45) is 0. The lowest BCUT2D eigenvalue weighted by Crippen LogP contribution is -2.59. The molecular weight excluding hydrogens is 1070 g/mol. The van der Waals surface area contributed by atoms with E-state index in [0.29, 0.717) is 23.3 Å². The van der Waals surface area contributed by atoms with E-state index in [1.54, 1.807) is 0 Å². The lowest BCUT2D eigenvalue weighted by atomic mass is 9.88. The molecule has 8 bridgehead atoms. The quantitative estimate of drug-likeness (QED) is 0.157. The van der Waals surface area contributed by atoms with E-state index in [0.717, 1.165) is 177 Å². The molecule has 0 saturated heterocycles. The van der Waals surface area contributed by atoms with E-state index in [-0.39, 0.29) is 0 Å². The van der Waals surface area contributed by atoms with Gasteiger partial charge in [0.05, 0.1) is 0 Å². The van der Waals surface area contributed by atoms with Crippen LogP contribution >= 0.6 is 0 Å². The number of nitrogens with zero attached hydrogens (tertiary/aromatic N) is 12. The van der Waals surface area contributed by atoms with Crippen molar-refractivity contribution in [1.82, 2.24) is 17.9 Å². The van der Waals surface area contributed by atoms with Crippen LogP contribution in [-0.2, 0) is 4.57 Å². The van der Waals surface area contributed by atoms with Crippen LogP contribution in [0.25, 0.3) is 43.1 Å². The first kappa shape index (κ1) is 53.9. The molecule has 432 valence electrons. The zero-order chi connectivity index (χ0) is 61.5. The number of amidine groups is 4. The Hall–Kier alpha value is -8.55. The Labute approximate surface area is 507 Å². The normalized spacial score (nSPS) is 16.8. The van der Waals surface area contributed by atoms with Crippen LogP contribution in [0.3, 0.4) is 0 Å². The fourth-order valence-corrected chi connectivity index (χ4v) is 16.2. The van der Waals surface area contributed by atoms with Gasteiger partial charge in [-0.25, -0.2) is 39.9 Å². The van der Waals surface area contributed by atoms with Crippen molar-refractivity contribution in [2.45, 2.75) is 166 Å². The van der Waals surface area contributed by atoms with Crippen molar-refractivity contribution in [3.63, 3.8) is 0 Å². The molecule has 0 fully saturated rings. The second-order valence-electron chi connectivity index (χ2n) is 26.5. The second-order valence-corrected chi connectivity index (χ2v) is 26.5. The number of aryl methyl sites for hydroxylation is 8. The molecule has 0 N–H and O–H groups in total. The van der Waals surface area contributed by atoms with Gasteiger partial charge in [0, 0.05) is 65.3 Å². The number of hydrogen-bond donors (Lipinski definition) is 0. The molecule has 0 saturated carbocycles. The first-order chi connectivity index (χ1) is 41.2. The monoisotopic (exact) mass is 1140 g/mol. The predicted molar refractivity (Wildman–Crippen MR) is 358 cm³/mol. The number of hydrogen-bond acceptors (Lipinski definition) is 9. The minimum Gasteiger partial charge on any atom is -0.422 e. The van der Waals surface area contributed by atoms with Crippen LogP contribution in [-0.4, -0.2) is 55.6 Å². The number of benzene rings is 6. The molecule has 0 atom stereocenters. The fourth-order valence-electron chi connectivity index (χ4n) is 16.2. The van der Waals surface area contributed by atoms with E-state index in [4.69, 9.17) is 44.5 Å². The van der Waals surface area contributed by atoms with E-state index in [1.807, 2.05) is 0 Å². The first-order valence-corrected chi connectivity index (χ1v) is 30.9. The Kier molecular flexibility index (Phi) is 10.6. The summed E-state index contributed by atoms with van der Waals surface area (Å²) in [5, 5.41) is 8.30. The third-order valence-corrected chi connectivity index (χ3v) is 23.5. The maximum Gasteiger partial charge on any atom is 0.550 e. The maximum absolute atomic E-state index is 8.73. The van der Waals surface area contributed by atoms with Gasteiger partial charge in [-0.1, -0.05) is 0 Å². The second kappa shape index (κ2) is 17.2. The van der Waals surface area contributed by atoms with E-state index < -0.39 is 14.4 Å². The summed E-state index contributed by atoms with van der Waals surface area (Å²) in [6, 6.07) is 0. The van der Waals surface area contributed by atoms with Gasteiger partial charge in [0.2, 0.25) is 0 Å². The summed E-state index contributed by atoms with van der Waals surface area (Å²) in [4.78, 5) is 47.1. The van der Waals surface area contributed by atoms with Crippen LogP contribution in [0.1, 0.15) is 156 Å². The molecular formula is C72H72B2N12O. The highest BCUT2D eigenvalue weighted by molar-refractivity contribution is 6.65. The highest BCUT2D eigenvalue weighted by atomic mass is 16.4. The molecule has 0 radical (unpaired) electrons. The molecule has 6 aromatic carbocycles. The third-order valence-electron chi connectivity index (χ3n) is 23.5. The molecule has 6 aliphatic rings. The summed E-state index contributed by atoms with van der Waals surface area (Å²) in [5.74, 6) is 5.55. The van der Waals surface area contributed by atoms with Crippen molar-refractivity contribution < 1.29 is 4.57 Å². The molecule has 13 nitrogen and oxygen atoms in total. The molecule has 0 amide bonds. The predicted octanol–water partition coefficient (Wildman–Crippen LogP) is 13.9. The largest absolute Gasteiger partial charge is 0.550 e. The fraction of sp³-hybridized carbons (Fsp3) is 0.333. The maximum atomic E-state index is 8.73. The SMILES string of the molecule is Cc1c(C)c(C)c2c(c1C)C1=NC/2=N\c2c3c(C)c(C)c(C)c(C)c3c3n2B(OB2n4c5c6c(C)c(C)c(C)c(C)c6c4/N=C4N=C(/N=c6/c7c(C)c(C)c(C)c(C)c7c(n62)=N5)c2c(C)c(C)c(C)c(C)c2\4)n2c(c4c(C)c(C)c(C)c(C)c4/c2=N/1)=N3. The van der Waals surface area contributed by atoms with Crippen LogP contribution in [0.2, 0.25) is 0 Å². The molecule has 10 heterocycles. The van der Waals surface area contributed by atoms with Crippen LogP contribution < -0.4 is 22.0 Å². The Morgan fingerprint density at radius 3 is 0.644 bits per heavy atom. The molecule has 0 spiro atoms. The Balaban J connectivity index is 1.16. The highest BCUT2D eigenvalue weighted by Gasteiger charge is 2.48. The van der Waals surface area contributed by atoms with Gasteiger partial charge in [0.25, 0.3) is 0 Å². The first-order valence-electron chi connectivity index (χ1n) is 30.9. The summed E-state index contributed by atoms with van der Waals surface area (Å²) in [6.45, 7) is 53.7. The zero-order valence-corrected chi connectivity index (χ0v) is 54.9. The molecule has 10 aromatic rings. The van der Waals surface area contributed by atoms with Crippen molar-refractivity contribution in [1.29, 1.82) is 0 Å². The molecule has 0 unspecified atom stereocenters. The molecule has 15 heteroatoms. The van der Waals surface area contributed by atoms with E-state index in [2.05, 4.69) is 184 Å². The van der Waals surface area contributed by atoms with Gasteiger partial charge in [-0.2, -0.15) is 0 Å². The molecule has 6 aliphatic heterocycles. The minimum absolute atomic E-state index is 0.634. The highest BCUT2D eigenvalue weighted by Crippen LogP contribution is 2.50. The molecule has 87 heavy (non-hydrogen) atoms. The van der Waals surface area contributed by atoms with Crippen LogP contribution in [0.15, 0.2) is 39.9 Å². The molecule has 0 aliphatic carbocycles. The van der Waals surface area contributed by atoms with E-state index in [1.165, 1.54) is 66.8 Å². The minimum atomic E-state index is -0.982. The Morgan fingerprint density at radius 1 is 0.195 bits per heavy atom. The number of aliphatic imine (C=N–C) groups is 4. The van der Waals surface area contributed by atoms with Crippen molar-refractivity contribution >= 4 is 104 Å². The Morgan fingerprint density at radius 2 is 0.391 bits per heavy atom. The van der Waals surface area contributed by atoms with E-state index in [9.17, 15) is 0 Å². The smallest absolute Gasteiger partial charge is 0.422 e. The van der Waals surface area contributed by atoms with Gasteiger partial charge in [-0.05, 0) is 300 Å². The summed E-state index contributed by atoms with van der Waals surface area (Å²) < 4.78 is 17.9. The van der Waals surface area contributed by atoms with Gasteiger partial charge < -0.3 is 22.5 Å². The van der Waals surface area contributed by atoms with Gasteiger partial charge in [-0.15, -0.1) is 0 Å². The molecule has 16 rings (SSSR count). The number of rotatable bonds is 2. The topological polar surface area (TPSA) is 128 Å². The molecule has 4 aromatic heterocycles. The van der Waals surface area contributed by atoms with Crippen molar-refractivity contribution in [3.05, 3.63) is 178 Å².